The van der Waals surface area contributed by atoms with Crippen LogP contribution in [0.3, 0.4) is 0 Å². The van der Waals surface area contributed by atoms with E-state index in [1.165, 1.54) is 17.3 Å². The van der Waals surface area contributed by atoms with Gasteiger partial charge in [0, 0.05) is 18.3 Å². The third kappa shape index (κ3) is 2.65. The molecule has 0 N–H and O–H groups in total. The maximum Gasteiger partial charge on any atom is 0.237 e. The van der Waals surface area contributed by atoms with Crippen molar-refractivity contribution < 1.29 is 4.79 Å². The van der Waals surface area contributed by atoms with Crippen LogP contribution in [0, 0.1) is 0 Å². The van der Waals surface area contributed by atoms with Crippen LogP contribution >= 0.6 is 11.8 Å². The zero-order chi connectivity index (χ0) is 14.8. The van der Waals surface area contributed by atoms with Crippen LogP contribution in [0.25, 0.3) is 0 Å². The number of carbonyl (C=O) groups excluding carboxylic acids is 1. The van der Waals surface area contributed by atoms with E-state index in [9.17, 15) is 4.79 Å². The summed E-state index contributed by atoms with van der Waals surface area (Å²) in [6, 6.07) is 8.30. The number of aryl methyl sites for hydroxylation is 1. The fourth-order valence-electron chi connectivity index (χ4n) is 2.64. The van der Waals surface area contributed by atoms with E-state index >= 15 is 0 Å². The number of fused-ring (bicyclic) bond motifs is 1. The third-order valence-corrected chi connectivity index (χ3v) is 4.54. The Morgan fingerprint density at radius 2 is 2.24 bits per heavy atom. The number of benzene rings is 1. The first-order valence-electron chi connectivity index (χ1n) is 6.99. The molecule has 0 spiro atoms. The van der Waals surface area contributed by atoms with E-state index in [1.54, 1.807) is 4.68 Å². The summed E-state index contributed by atoms with van der Waals surface area (Å²) in [6.07, 6.45) is 0.916. The second-order valence-electron chi connectivity index (χ2n) is 5.01. The molecule has 21 heavy (non-hydrogen) atoms. The first kappa shape index (κ1) is 14.1. The second kappa shape index (κ2) is 5.85. The minimum atomic E-state index is 0.100. The van der Waals surface area contributed by atoms with Gasteiger partial charge < -0.3 is 4.90 Å². The van der Waals surface area contributed by atoms with Gasteiger partial charge in [0.15, 0.2) is 0 Å². The molecule has 2 heterocycles. The van der Waals surface area contributed by atoms with Crippen LogP contribution < -0.4 is 4.90 Å². The number of hydrogen-bond donors (Lipinski definition) is 0. The van der Waals surface area contributed by atoms with Gasteiger partial charge in [-0.2, -0.15) is 0 Å². The Hall–Kier alpha value is -1.89. The fraction of sp³-hybridized carbons (Fsp3) is 0.429. The maximum atomic E-state index is 12.5. The predicted octanol–water partition coefficient (Wildman–Crippen LogP) is 1.76. The normalized spacial score (nSPS) is 17.0. The van der Waals surface area contributed by atoms with E-state index in [4.69, 9.17) is 0 Å². The Morgan fingerprint density at radius 1 is 1.43 bits per heavy atom. The SMILES string of the molecule is CCn1nnnc1SCC(=O)N1c2ccccc2C[C@H]1C. The summed E-state index contributed by atoms with van der Waals surface area (Å²) in [5.41, 5.74) is 2.27. The van der Waals surface area contributed by atoms with Gasteiger partial charge in [0.05, 0.1) is 5.75 Å². The lowest BCUT2D eigenvalue weighted by atomic mass is 10.1. The minimum absolute atomic E-state index is 0.100. The molecule has 1 atom stereocenters. The standard InChI is InChI=1S/C14H17N5OS/c1-3-18-14(15-16-17-18)21-9-13(20)19-10(2)8-11-6-4-5-7-12(11)19/h4-7,10H,3,8-9H2,1-2H3/t10-/m1/s1. The highest BCUT2D eigenvalue weighted by molar-refractivity contribution is 7.99. The van der Waals surface area contributed by atoms with Crippen molar-refractivity contribution in [3.63, 3.8) is 0 Å². The zero-order valence-corrected chi connectivity index (χ0v) is 12.9. The molecular formula is C14H17N5OS. The van der Waals surface area contributed by atoms with Gasteiger partial charge in [0.1, 0.15) is 0 Å². The van der Waals surface area contributed by atoms with E-state index in [0.29, 0.717) is 17.5 Å². The van der Waals surface area contributed by atoms with Gasteiger partial charge >= 0.3 is 0 Å². The lowest BCUT2D eigenvalue weighted by Crippen LogP contribution is -2.37. The van der Waals surface area contributed by atoms with Gasteiger partial charge in [-0.05, 0) is 42.3 Å². The van der Waals surface area contributed by atoms with E-state index in [-0.39, 0.29) is 11.9 Å². The number of thioether (sulfide) groups is 1. The molecule has 0 saturated heterocycles. The number of para-hydroxylation sites is 1. The molecular weight excluding hydrogens is 286 g/mol. The minimum Gasteiger partial charge on any atom is -0.308 e. The average Bonchev–Trinajstić information content (AvgIpc) is 3.07. The van der Waals surface area contributed by atoms with Crippen molar-refractivity contribution in [2.75, 3.05) is 10.7 Å². The molecule has 0 unspecified atom stereocenters. The van der Waals surface area contributed by atoms with Crippen molar-refractivity contribution in [2.24, 2.45) is 0 Å². The second-order valence-corrected chi connectivity index (χ2v) is 5.95. The Kier molecular flexibility index (Phi) is 3.92. The summed E-state index contributed by atoms with van der Waals surface area (Å²) in [5.74, 6) is 0.446. The molecule has 110 valence electrons. The van der Waals surface area contributed by atoms with Gasteiger partial charge in [-0.25, -0.2) is 4.68 Å². The summed E-state index contributed by atoms with van der Waals surface area (Å²) < 4.78 is 1.69. The van der Waals surface area contributed by atoms with Crippen molar-refractivity contribution in [1.82, 2.24) is 20.2 Å². The molecule has 0 radical (unpaired) electrons. The Bertz CT molecular complexity index is 656. The highest BCUT2D eigenvalue weighted by atomic mass is 32.2. The van der Waals surface area contributed by atoms with Crippen molar-refractivity contribution in [3.05, 3.63) is 29.8 Å². The number of rotatable bonds is 4. The molecule has 6 nitrogen and oxygen atoms in total. The van der Waals surface area contributed by atoms with E-state index in [2.05, 4.69) is 28.5 Å². The Labute approximate surface area is 127 Å². The zero-order valence-electron chi connectivity index (χ0n) is 12.1. The fourth-order valence-corrected chi connectivity index (χ4v) is 3.44. The largest absolute Gasteiger partial charge is 0.308 e. The molecule has 0 aliphatic carbocycles. The predicted molar refractivity (Wildman–Crippen MR) is 81.3 cm³/mol. The van der Waals surface area contributed by atoms with Gasteiger partial charge in [-0.15, -0.1) is 5.10 Å². The number of anilines is 1. The molecule has 1 amide bonds. The van der Waals surface area contributed by atoms with Crippen molar-refractivity contribution in [1.29, 1.82) is 0 Å². The van der Waals surface area contributed by atoms with Gasteiger partial charge in [-0.1, -0.05) is 30.0 Å². The van der Waals surface area contributed by atoms with Crippen molar-refractivity contribution >= 4 is 23.4 Å². The van der Waals surface area contributed by atoms with Gasteiger partial charge in [-0.3, -0.25) is 4.79 Å². The molecule has 1 aromatic heterocycles. The number of nitrogens with zero attached hydrogens (tertiary/aromatic N) is 5. The van der Waals surface area contributed by atoms with Gasteiger partial charge in [0.2, 0.25) is 11.1 Å². The first-order valence-corrected chi connectivity index (χ1v) is 7.98. The van der Waals surface area contributed by atoms with E-state index in [0.717, 1.165) is 12.1 Å². The number of hydrogen-bond acceptors (Lipinski definition) is 5. The number of amides is 1. The molecule has 7 heteroatoms. The number of carbonyl (C=O) groups is 1. The van der Waals surface area contributed by atoms with Crippen LogP contribution in [0.15, 0.2) is 29.4 Å². The molecule has 0 bridgehead atoms. The molecule has 3 rings (SSSR count). The summed E-state index contributed by atoms with van der Waals surface area (Å²) in [5, 5.41) is 12.1. The lowest BCUT2D eigenvalue weighted by Gasteiger charge is -2.22. The summed E-state index contributed by atoms with van der Waals surface area (Å²) >= 11 is 1.39. The first-order chi connectivity index (χ1) is 10.2. The maximum absolute atomic E-state index is 12.5. The van der Waals surface area contributed by atoms with Crippen LogP contribution in [-0.2, 0) is 17.8 Å². The topological polar surface area (TPSA) is 63.9 Å². The van der Waals surface area contributed by atoms with Crippen LogP contribution in [0.5, 0.6) is 0 Å². The smallest absolute Gasteiger partial charge is 0.237 e. The average molecular weight is 303 g/mol. The lowest BCUT2D eigenvalue weighted by molar-refractivity contribution is -0.116. The highest BCUT2D eigenvalue weighted by Crippen LogP contribution is 2.32. The summed E-state index contributed by atoms with van der Waals surface area (Å²) in [6.45, 7) is 4.76. The van der Waals surface area contributed by atoms with Crippen molar-refractivity contribution in [3.8, 4) is 0 Å². The number of tetrazole rings is 1. The van der Waals surface area contributed by atoms with E-state index in [1.807, 2.05) is 30.0 Å². The van der Waals surface area contributed by atoms with Crippen molar-refractivity contribution in [2.45, 2.75) is 38.0 Å². The monoisotopic (exact) mass is 303 g/mol. The highest BCUT2D eigenvalue weighted by Gasteiger charge is 2.30. The molecule has 1 aliphatic rings. The summed E-state index contributed by atoms with van der Waals surface area (Å²) in [7, 11) is 0. The van der Waals surface area contributed by atoms with Gasteiger partial charge in [0.25, 0.3) is 0 Å². The quantitative estimate of drug-likeness (QED) is 0.805. The Morgan fingerprint density at radius 3 is 3.05 bits per heavy atom. The molecule has 0 saturated carbocycles. The summed E-state index contributed by atoms with van der Waals surface area (Å²) in [4.78, 5) is 14.4. The molecule has 1 aromatic carbocycles. The van der Waals surface area contributed by atoms with Crippen LogP contribution in [-0.4, -0.2) is 37.9 Å². The van der Waals surface area contributed by atoms with Crippen LogP contribution in [0.1, 0.15) is 19.4 Å². The molecule has 1 aliphatic heterocycles. The molecule has 0 fully saturated rings. The Balaban J connectivity index is 1.71. The number of aromatic nitrogens is 4. The van der Waals surface area contributed by atoms with Crippen LogP contribution in [0.2, 0.25) is 0 Å². The van der Waals surface area contributed by atoms with Crippen LogP contribution in [0.4, 0.5) is 5.69 Å². The molecule has 2 aromatic rings. The van der Waals surface area contributed by atoms with E-state index < -0.39 is 0 Å². The third-order valence-electron chi connectivity index (χ3n) is 3.60.